The minimum absolute atomic E-state index is 0.232. The molecule has 0 aliphatic carbocycles. The summed E-state index contributed by atoms with van der Waals surface area (Å²) in [4.78, 5) is 12.1. The van der Waals surface area contributed by atoms with Crippen LogP contribution in [0.4, 0.5) is 0 Å². The van der Waals surface area contributed by atoms with Crippen LogP contribution in [0.1, 0.15) is 24.0 Å². The van der Waals surface area contributed by atoms with Crippen LogP contribution in [-0.4, -0.2) is 33.9 Å². The molecule has 0 fully saturated rings. The molecule has 180 valence electrons. The second-order valence-electron chi connectivity index (χ2n) is 7.41. The molecule has 7 heteroatoms. The molecule has 0 saturated carbocycles. The molecular weight excluding hydrogens is 446 g/mol. The third kappa shape index (κ3) is 7.27. The Bertz CT molecular complexity index is 1190. The third-order valence-corrected chi connectivity index (χ3v) is 5.09. The Morgan fingerprint density at radius 2 is 1.49 bits per heavy atom. The van der Waals surface area contributed by atoms with Crippen LogP contribution in [-0.2, 0) is 4.79 Å². The maximum Gasteiger partial charge on any atom is 0.311 e. The van der Waals surface area contributed by atoms with Crippen LogP contribution in [0.5, 0.6) is 28.7 Å². The Hall–Kier alpha value is -4.44. The number of ether oxygens (including phenoxy) is 5. The Kier molecular flexibility index (Phi) is 9.14. The normalized spacial score (nSPS) is 10.7. The summed E-state index contributed by atoms with van der Waals surface area (Å²) in [6, 6.07) is 21.7. The van der Waals surface area contributed by atoms with Crippen molar-refractivity contribution in [3.8, 4) is 34.8 Å². The fraction of sp³-hybridized carbons (Fsp3) is 0.214. The minimum atomic E-state index is -0.338. The number of nitriles is 1. The third-order valence-electron chi connectivity index (χ3n) is 5.09. The van der Waals surface area contributed by atoms with Crippen LogP contribution in [0, 0.1) is 11.3 Å². The van der Waals surface area contributed by atoms with Gasteiger partial charge in [-0.1, -0.05) is 12.1 Å². The smallest absolute Gasteiger partial charge is 0.311 e. The van der Waals surface area contributed by atoms with Gasteiger partial charge in [0.05, 0.1) is 39.6 Å². The molecular formula is C28H27NO6. The van der Waals surface area contributed by atoms with Crippen molar-refractivity contribution in [3.05, 3.63) is 77.9 Å². The molecule has 0 N–H and O–H groups in total. The van der Waals surface area contributed by atoms with Gasteiger partial charge >= 0.3 is 5.97 Å². The van der Waals surface area contributed by atoms with E-state index in [1.54, 1.807) is 69.9 Å². The van der Waals surface area contributed by atoms with E-state index in [1.807, 2.05) is 24.3 Å². The molecule has 0 spiro atoms. The lowest BCUT2D eigenvalue weighted by Gasteiger charge is -2.09. The Balaban J connectivity index is 1.52. The summed E-state index contributed by atoms with van der Waals surface area (Å²) < 4.78 is 26.7. The molecule has 0 radical (unpaired) electrons. The highest BCUT2D eigenvalue weighted by Gasteiger charge is 2.09. The van der Waals surface area contributed by atoms with E-state index < -0.39 is 0 Å². The number of nitrogens with zero attached hydrogens (tertiary/aromatic N) is 1. The first-order valence-corrected chi connectivity index (χ1v) is 11.0. The topological polar surface area (TPSA) is 87.0 Å². The molecule has 0 heterocycles. The quantitative estimate of drug-likeness (QED) is 0.119. The van der Waals surface area contributed by atoms with E-state index >= 15 is 0 Å². The molecule has 7 nitrogen and oxygen atoms in total. The zero-order chi connectivity index (χ0) is 25.0. The van der Waals surface area contributed by atoms with Crippen molar-refractivity contribution in [2.75, 3.05) is 27.9 Å². The predicted octanol–water partition coefficient (Wildman–Crippen LogP) is 5.54. The number of benzene rings is 3. The van der Waals surface area contributed by atoms with Gasteiger partial charge in [-0.3, -0.25) is 4.79 Å². The van der Waals surface area contributed by atoms with E-state index in [4.69, 9.17) is 23.7 Å². The van der Waals surface area contributed by atoms with Gasteiger partial charge in [0, 0.05) is 6.42 Å². The average Bonchev–Trinajstić information content (AvgIpc) is 2.90. The van der Waals surface area contributed by atoms with Gasteiger partial charge in [-0.2, -0.15) is 5.26 Å². The number of allylic oxidation sites excluding steroid dienone is 1. The average molecular weight is 474 g/mol. The predicted molar refractivity (Wildman–Crippen MR) is 133 cm³/mol. The number of hydrogen-bond donors (Lipinski definition) is 0. The second kappa shape index (κ2) is 12.7. The first-order valence-electron chi connectivity index (χ1n) is 11.0. The van der Waals surface area contributed by atoms with E-state index in [9.17, 15) is 10.1 Å². The fourth-order valence-electron chi connectivity index (χ4n) is 3.24. The van der Waals surface area contributed by atoms with Gasteiger partial charge in [0.1, 0.15) is 17.2 Å². The molecule has 0 amide bonds. The van der Waals surface area contributed by atoms with Crippen LogP contribution in [0.25, 0.3) is 11.6 Å². The van der Waals surface area contributed by atoms with Gasteiger partial charge in [-0.25, -0.2) is 0 Å². The van der Waals surface area contributed by atoms with Crippen LogP contribution < -0.4 is 23.7 Å². The summed E-state index contributed by atoms with van der Waals surface area (Å²) in [5.41, 5.74) is 1.97. The van der Waals surface area contributed by atoms with E-state index in [1.165, 1.54) is 0 Å². The molecule has 3 rings (SSSR count). The molecule has 35 heavy (non-hydrogen) atoms. The van der Waals surface area contributed by atoms with E-state index in [-0.39, 0.29) is 12.4 Å². The molecule has 3 aromatic rings. The van der Waals surface area contributed by atoms with Crippen LogP contribution >= 0.6 is 0 Å². The molecule has 0 atom stereocenters. The Labute approximate surface area is 205 Å². The van der Waals surface area contributed by atoms with Crippen molar-refractivity contribution in [3.63, 3.8) is 0 Å². The molecule has 0 bridgehead atoms. The lowest BCUT2D eigenvalue weighted by atomic mass is 10.0. The highest BCUT2D eigenvalue weighted by molar-refractivity contribution is 5.90. The first kappa shape index (κ1) is 25.2. The van der Waals surface area contributed by atoms with Crippen LogP contribution in [0.2, 0.25) is 0 Å². The van der Waals surface area contributed by atoms with Crippen LogP contribution in [0.3, 0.4) is 0 Å². The highest BCUT2D eigenvalue weighted by atomic mass is 16.5. The lowest BCUT2D eigenvalue weighted by Crippen LogP contribution is -2.09. The second-order valence-corrected chi connectivity index (χ2v) is 7.41. The highest BCUT2D eigenvalue weighted by Crippen LogP contribution is 2.31. The largest absolute Gasteiger partial charge is 0.497 e. The van der Waals surface area contributed by atoms with Gasteiger partial charge in [0.2, 0.25) is 0 Å². The molecule has 0 saturated heterocycles. The summed E-state index contributed by atoms with van der Waals surface area (Å²) in [6.07, 6.45) is 2.52. The van der Waals surface area contributed by atoms with Gasteiger partial charge in [-0.05, 0) is 78.2 Å². The van der Waals surface area contributed by atoms with Crippen molar-refractivity contribution in [1.29, 1.82) is 5.26 Å². The molecule has 0 unspecified atom stereocenters. The maximum atomic E-state index is 12.1. The van der Waals surface area contributed by atoms with Crippen molar-refractivity contribution >= 4 is 17.6 Å². The van der Waals surface area contributed by atoms with E-state index in [2.05, 4.69) is 6.07 Å². The SMILES string of the molecule is COc1ccc(OCCCC(=O)Oc2ccc(/C=C(/C#N)c3ccc(OC)c(OC)c3)cc2)cc1. The van der Waals surface area contributed by atoms with Crippen LogP contribution in [0.15, 0.2) is 66.7 Å². The van der Waals surface area contributed by atoms with Gasteiger partial charge in [0.25, 0.3) is 0 Å². The van der Waals surface area contributed by atoms with Gasteiger partial charge in [0.15, 0.2) is 11.5 Å². The van der Waals surface area contributed by atoms with Crippen molar-refractivity contribution in [2.45, 2.75) is 12.8 Å². The Morgan fingerprint density at radius 3 is 2.11 bits per heavy atom. The Morgan fingerprint density at radius 1 is 0.829 bits per heavy atom. The number of carbonyl (C=O) groups is 1. The van der Waals surface area contributed by atoms with Crippen molar-refractivity contribution in [1.82, 2.24) is 0 Å². The standard InChI is InChI=1S/C28H27NO6/c1-31-23-11-13-24(14-12-23)34-16-4-5-28(30)35-25-9-6-20(7-10-25)17-22(19-29)21-8-15-26(32-2)27(18-21)33-3/h6-15,17-18H,4-5,16H2,1-3H3/b22-17-. The minimum Gasteiger partial charge on any atom is -0.497 e. The molecule has 3 aromatic carbocycles. The summed E-state index contributed by atoms with van der Waals surface area (Å²) in [5.74, 6) is 2.71. The molecule has 0 aliphatic heterocycles. The zero-order valence-electron chi connectivity index (χ0n) is 19.9. The van der Waals surface area contributed by atoms with Crippen molar-refractivity contribution in [2.24, 2.45) is 0 Å². The molecule has 0 aliphatic rings. The summed E-state index contributed by atoms with van der Waals surface area (Å²) >= 11 is 0. The fourth-order valence-corrected chi connectivity index (χ4v) is 3.24. The van der Waals surface area contributed by atoms with Crippen molar-refractivity contribution < 1.29 is 28.5 Å². The number of hydrogen-bond acceptors (Lipinski definition) is 7. The lowest BCUT2D eigenvalue weighted by molar-refractivity contribution is -0.134. The number of carbonyl (C=O) groups excluding carboxylic acids is 1. The number of esters is 1. The summed E-state index contributed by atoms with van der Waals surface area (Å²) in [6.45, 7) is 0.401. The first-order chi connectivity index (χ1) is 17.1. The zero-order valence-corrected chi connectivity index (χ0v) is 19.9. The number of rotatable bonds is 11. The van der Waals surface area contributed by atoms with E-state index in [0.717, 1.165) is 11.3 Å². The maximum absolute atomic E-state index is 12.1. The summed E-state index contributed by atoms with van der Waals surface area (Å²) in [5, 5.41) is 9.63. The molecule has 0 aromatic heterocycles. The summed E-state index contributed by atoms with van der Waals surface area (Å²) in [7, 11) is 4.71. The number of methoxy groups -OCH3 is 3. The van der Waals surface area contributed by atoms with Gasteiger partial charge < -0.3 is 23.7 Å². The van der Waals surface area contributed by atoms with Gasteiger partial charge in [-0.15, -0.1) is 0 Å². The monoisotopic (exact) mass is 473 g/mol. The van der Waals surface area contributed by atoms with E-state index in [0.29, 0.717) is 47.2 Å².